The van der Waals surface area contributed by atoms with Crippen LogP contribution in [0, 0.1) is 11.7 Å². The Hall–Kier alpha value is -3.80. The second kappa shape index (κ2) is 8.38. The molecule has 0 bridgehead atoms. The largest absolute Gasteiger partial charge is 0.493 e. The number of hydrogen-bond acceptors (Lipinski definition) is 4. The highest BCUT2D eigenvalue weighted by Crippen LogP contribution is 2.35. The van der Waals surface area contributed by atoms with Crippen LogP contribution < -0.4 is 14.8 Å². The van der Waals surface area contributed by atoms with Crippen LogP contribution in [0.4, 0.5) is 10.1 Å². The van der Waals surface area contributed by atoms with Crippen LogP contribution in [0.25, 0.3) is 16.8 Å². The Labute approximate surface area is 186 Å². The molecule has 1 N–H and O–H groups in total. The standard InChI is InChI=1S/C26H23FN2O3/c1-17(22-11-24-25(12-23(22)27)32-16-26(30)28-24)29-13-18(14-29)15-31-21-9-7-20(8-10-21)19-5-3-2-4-6-19/h2-12,18H,1,13-16H2,(H,28,30). The third-order valence-electron chi connectivity index (χ3n) is 5.80. The molecule has 0 radical (unpaired) electrons. The molecule has 6 heteroatoms. The average Bonchev–Trinajstić information content (AvgIpc) is 2.78. The molecule has 162 valence electrons. The molecule has 0 aliphatic carbocycles. The molecular formula is C26H23FN2O3. The fraction of sp³-hybridized carbons (Fsp3) is 0.192. The highest BCUT2D eigenvalue weighted by Gasteiger charge is 2.30. The van der Waals surface area contributed by atoms with Crippen molar-refractivity contribution in [3.8, 4) is 22.6 Å². The number of nitrogens with one attached hydrogen (secondary N) is 1. The molecule has 2 heterocycles. The summed E-state index contributed by atoms with van der Waals surface area (Å²) >= 11 is 0. The Morgan fingerprint density at radius 1 is 1.09 bits per heavy atom. The minimum atomic E-state index is -0.414. The summed E-state index contributed by atoms with van der Waals surface area (Å²) in [5.41, 5.74) is 3.75. The average molecular weight is 430 g/mol. The van der Waals surface area contributed by atoms with Crippen molar-refractivity contribution in [2.24, 2.45) is 5.92 Å². The normalized spacial score (nSPS) is 15.3. The first-order chi connectivity index (χ1) is 15.6. The number of halogens is 1. The van der Waals surface area contributed by atoms with Crippen LogP contribution in [-0.2, 0) is 4.79 Å². The van der Waals surface area contributed by atoms with Gasteiger partial charge < -0.3 is 19.7 Å². The van der Waals surface area contributed by atoms with Crippen LogP contribution in [0.5, 0.6) is 11.5 Å². The first-order valence-electron chi connectivity index (χ1n) is 10.6. The zero-order valence-corrected chi connectivity index (χ0v) is 17.5. The Kier molecular flexibility index (Phi) is 5.27. The van der Waals surface area contributed by atoms with Gasteiger partial charge in [-0.15, -0.1) is 0 Å². The molecule has 1 amide bonds. The van der Waals surface area contributed by atoms with Crippen molar-refractivity contribution >= 4 is 17.3 Å². The predicted octanol–water partition coefficient (Wildman–Crippen LogP) is 4.81. The summed E-state index contributed by atoms with van der Waals surface area (Å²) in [4.78, 5) is 13.6. The lowest BCUT2D eigenvalue weighted by Gasteiger charge is -2.42. The van der Waals surface area contributed by atoms with Crippen molar-refractivity contribution in [3.63, 3.8) is 0 Å². The van der Waals surface area contributed by atoms with Crippen LogP contribution in [0.1, 0.15) is 5.56 Å². The zero-order chi connectivity index (χ0) is 22.1. The van der Waals surface area contributed by atoms with E-state index in [9.17, 15) is 9.18 Å². The van der Waals surface area contributed by atoms with Crippen LogP contribution in [-0.4, -0.2) is 37.1 Å². The van der Waals surface area contributed by atoms with Gasteiger partial charge in [0.2, 0.25) is 0 Å². The van der Waals surface area contributed by atoms with Crippen molar-refractivity contribution < 1.29 is 18.7 Å². The summed E-state index contributed by atoms with van der Waals surface area (Å²) in [6.07, 6.45) is 0. The maximum atomic E-state index is 14.6. The Morgan fingerprint density at radius 2 is 1.81 bits per heavy atom. The van der Waals surface area contributed by atoms with Gasteiger partial charge in [0.25, 0.3) is 5.91 Å². The lowest BCUT2D eigenvalue weighted by molar-refractivity contribution is -0.118. The fourth-order valence-corrected chi connectivity index (χ4v) is 3.98. The Balaban J connectivity index is 1.15. The predicted molar refractivity (Wildman–Crippen MR) is 122 cm³/mol. The zero-order valence-electron chi connectivity index (χ0n) is 17.5. The number of benzene rings is 3. The summed E-state index contributed by atoms with van der Waals surface area (Å²) in [5, 5.41) is 2.71. The fourth-order valence-electron chi connectivity index (χ4n) is 3.98. The molecule has 3 aromatic carbocycles. The topological polar surface area (TPSA) is 50.8 Å². The van der Waals surface area contributed by atoms with E-state index in [1.165, 1.54) is 11.6 Å². The van der Waals surface area contributed by atoms with E-state index in [1.54, 1.807) is 6.07 Å². The smallest absolute Gasteiger partial charge is 0.262 e. The van der Waals surface area contributed by atoms with Gasteiger partial charge in [0.15, 0.2) is 6.61 Å². The first-order valence-corrected chi connectivity index (χ1v) is 10.6. The molecule has 0 aromatic heterocycles. The molecule has 0 unspecified atom stereocenters. The van der Waals surface area contributed by atoms with Gasteiger partial charge in [-0.1, -0.05) is 49.0 Å². The van der Waals surface area contributed by atoms with Crippen molar-refractivity contribution in [2.75, 3.05) is 31.6 Å². The molecule has 0 spiro atoms. The second-order valence-corrected chi connectivity index (χ2v) is 8.08. The number of ether oxygens (including phenoxy) is 2. The lowest BCUT2D eigenvalue weighted by Crippen LogP contribution is -2.47. The quantitative estimate of drug-likeness (QED) is 0.610. The monoisotopic (exact) mass is 430 g/mol. The number of anilines is 1. The molecule has 5 nitrogen and oxygen atoms in total. The highest BCUT2D eigenvalue weighted by atomic mass is 19.1. The van der Waals surface area contributed by atoms with E-state index in [4.69, 9.17) is 9.47 Å². The van der Waals surface area contributed by atoms with Crippen molar-refractivity contribution in [1.29, 1.82) is 0 Å². The number of amides is 1. The minimum absolute atomic E-state index is 0.102. The Bertz CT molecular complexity index is 1160. The maximum Gasteiger partial charge on any atom is 0.262 e. The van der Waals surface area contributed by atoms with Gasteiger partial charge >= 0.3 is 0 Å². The molecule has 3 aromatic rings. The number of hydrogen-bond donors (Lipinski definition) is 1. The van der Waals surface area contributed by atoms with E-state index < -0.39 is 5.82 Å². The summed E-state index contributed by atoms with van der Waals surface area (Å²) in [5.74, 6) is 0.844. The van der Waals surface area contributed by atoms with Crippen LogP contribution in [0.15, 0.2) is 73.3 Å². The number of rotatable bonds is 6. The number of nitrogens with zero attached hydrogens (tertiary/aromatic N) is 1. The second-order valence-electron chi connectivity index (χ2n) is 8.08. The number of likely N-dealkylation sites (tertiary alicyclic amines) is 1. The van der Waals surface area contributed by atoms with Gasteiger partial charge in [0, 0.05) is 36.3 Å². The van der Waals surface area contributed by atoms with Crippen molar-refractivity contribution in [1.82, 2.24) is 4.90 Å². The summed E-state index contributed by atoms with van der Waals surface area (Å²) < 4.78 is 25.8. The number of carbonyl (C=O) groups is 1. The van der Waals surface area contributed by atoms with Gasteiger partial charge in [-0.3, -0.25) is 4.79 Å². The van der Waals surface area contributed by atoms with Crippen molar-refractivity contribution in [3.05, 3.63) is 84.7 Å². The van der Waals surface area contributed by atoms with E-state index in [-0.39, 0.29) is 12.5 Å². The molecule has 32 heavy (non-hydrogen) atoms. The number of fused-ring (bicyclic) bond motifs is 1. The highest BCUT2D eigenvalue weighted by molar-refractivity contribution is 5.96. The molecule has 0 atom stereocenters. The summed E-state index contributed by atoms with van der Waals surface area (Å²) in [7, 11) is 0. The lowest BCUT2D eigenvalue weighted by atomic mass is 9.98. The van der Waals surface area contributed by atoms with E-state index in [2.05, 4.69) is 36.2 Å². The van der Waals surface area contributed by atoms with Gasteiger partial charge in [0.05, 0.1) is 12.3 Å². The van der Waals surface area contributed by atoms with E-state index >= 15 is 0 Å². The van der Waals surface area contributed by atoms with Gasteiger partial charge in [0.1, 0.15) is 17.3 Å². The summed E-state index contributed by atoms with van der Waals surface area (Å²) in [6, 6.07) is 21.2. The molecule has 2 aliphatic heterocycles. The Morgan fingerprint density at radius 3 is 2.56 bits per heavy atom. The van der Waals surface area contributed by atoms with Gasteiger partial charge in [-0.2, -0.15) is 0 Å². The molecule has 1 saturated heterocycles. The molecule has 0 saturated carbocycles. The third kappa shape index (κ3) is 4.04. The SMILES string of the molecule is C=C(c1cc2c(cc1F)OCC(=O)N2)N1CC(COc2ccc(-c3ccccc3)cc2)C1. The summed E-state index contributed by atoms with van der Waals surface area (Å²) in [6.45, 7) is 6.02. The number of carbonyl (C=O) groups excluding carboxylic acids is 1. The third-order valence-corrected chi connectivity index (χ3v) is 5.80. The molecular weight excluding hydrogens is 407 g/mol. The molecule has 2 aliphatic rings. The van der Waals surface area contributed by atoms with Gasteiger partial charge in [-0.05, 0) is 29.3 Å². The molecule has 5 rings (SSSR count). The van der Waals surface area contributed by atoms with Crippen LogP contribution >= 0.6 is 0 Å². The molecule has 1 fully saturated rings. The van der Waals surface area contributed by atoms with Gasteiger partial charge in [-0.25, -0.2) is 4.39 Å². The maximum absolute atomic E-state index is 14.6. The first kappa shape index (κ1) is 20.1. The van der Waals surface area contributed by atoms with E-state index in [1.807, 2.05) is 35.2 Å². The van der Waals surface area contributed by atoms with Crippen LogP contribution in [0.3, 0.4) is 0 Å². The van der Waals surface area contributed by atoms with E-state index in [0.29, 0.717) is 35.2 Å². The van der Waals surface area contributed by atoms with Crippen molar-refractivity contribution in [2.45, 2.75) is 0 Å². The van der Waals surface area contributed by atoms with Crippen LogP contribution in [0.2, 0.25) is 0 Å². The van der Waals surface area contributed by atoms with E-state index in [0.717, 1.165) is 24.4 Å². The minimum Gasteiger partial charge on any atom is -0.493 e.